The minimum Gasteiger partial charge on any atom is -0.306 e. The molecule has 0 radical (unpaired) electrons. The highest BCUT2D eigenvalue weighted by atomic mass is 15.1. The van der Waals surface area contributed by atoms with Crippen LogP contribution in [0.2, 0.25) is 0 Å². The summed E-state index contributed by atoms with van der Waals surface area (Å²) in [6, 6.07) is 0. The van der Waals surface area contributed by atoms with Crippen LogP contribution in [0.25, 0.3) is 0 Å². The van der Waals surface area contributed by atoms with Crippen molar-refractivity contribution in [3.05, 3.63) is 24.3 Å². The third-order valence-corrected chi connectivity index (χ3v) is 3.44. The second-order valence-electron chi connectivity index (χ2n) is 4.52. The molecule has 2 rings (SSSR count). The van der Waals surface area contributed by atoms with Gasteiger partial charge < -0.3 is 4.90 Å². The molecular weight excluding hydrogens is 158 g/mol. The van der Waals surface area contributed by atoms with E-state index in [9.17, 15) is 0 Å². The number of hydrogen-bond acceptors (Lipinski definition) is 1. The highest BCUT2D eigenvalue weighted by Crippen LogP contribution is 2.32. The van der Waals surface area contributed by atoms with Gasteiger partial charge in [0.05, 0.1) is 0 Å². The highest BCUT2D eigenvalue weighted by Gasteiger charge is 2.29. The summed E-state index contributed by atoms with van der Waals surface area (Å²) < 4.78 is 0. The molecule has 1 heterocycles. The molecule has 0 spiro atoms. The topological polar surface area (TPSA) is 3.24 Å². The van der Waals surface area contributed by atoms with Gasteiger partial charge in [-0.05, 0) is 37.8 Å². The monoisotopic (exact) mass is 177 g/mol. The third kappa shape index (κ3) is 1.86. The van der Waals surface area contributed by atoms with E-state index in [1.54, 1.807) is 0 Å². The Balaban J connectivity index is 2.00. The second kappa shape index (κ2) is 3.67. The van der Waals surface area contributed by atoms with Crippen LogP contribution in [-0.2, 0) is 0 Å². The van der Waals surface area contributed by atoms with E-state index in [0.29, 0.717) is 0 Å². The lowest BCUT2D eigenvalue weighted by Crippen LogP contribution is -2.23. The summed E-state index contributed by atoms with van der Waals surface area (Å²) in [7, 11) is 2.23. The second-order valence-corrected chi connectivity index (χ2v) is 4.52. The summed E-state index contributed by atoms with van der Waals surface area (Å²) in [5, 5.41) is 0. The van der Waals surface area contributed by atoms with Gasteiger partial charge in [-0.3, -0.25) is 0 Å². The molecule has 72 valence electrons. The molecule has 3 atom stereocenters. The fourth-order valence-corrected chi connectivity index (χ4v) is 2.61. The van der Waals surface area contributed by atoms with Crippen molar-refractivity contribution in [1.29, 1.82) is 0 Å². The average Bonchev–Trinajstić information content (AvgIpc) is 2.53. The Morgan fingerprint density at radius 3 is 2.62 bits per heavy atom. The predicted octanol–water partition coefficient (Wildman–Crippen LogP) is 2.32. The first-order chi connectivity index (χ1) is 6.27. The fraction of sp³-hybridized carbons (Fsp3) is 0.667. The lowest BCUT2D eigenvalue weighted by molar-refractivity contribution is 0.318. The molecule has 1 aliphatic carbocycles. The number of nitrogens with zero attached hydrogens (tertiary/aromatic N) is 1. The summed E-state index contributed by atoms with van der Waals surface area (Å²) >= 11 is 0. The zero-order valence-corrected chi connectivity index (χ0v) is 8.61. The largest absolute Gasteiger partial charge is 0.306 e. The third-order valence-electron chi connectivity index (χ3n) is 3.44. The summed E-state index contributed by atoms with van der Waals surface area (Å²) in [4.78, 5) is 2.45. The normalized spacial score (nSPS) is 40.0. The van der Waals surface area contributed by atoms with Crippen molar-refractivity contribution in [2.45, 2.75) is 13.3 Å². The maximum Gasteiger partial charge on any atom is 0.00129 e. The van der Waals surface area contributed by atoms with Crippen molar-refractivity contribution < 1.29 is 0 Å². The van der Waals surface area contributed by atoms with E-state index in [4.69, 9.17) is 0 Å². The molecular formula is C12H19N. The molecule has 1 fully saturated rings. The molecule has 0 N–H and O–H groups in total. The summed E-state index contributed by atoms with van der Waals surface area (Å²) in [6.45, 7) is 4.90. The van der Waals surface area contributed by atoms with E-state index in [1.807, 2.05) is 0 Å². The standard InChI is InChI=1S/C12H19N/c1-10-5-3-4-6-12(10)11-7-8-13(2)9-11/h3-6,10-12H,7-9H2,1-2H3. The molecule has 1 aliphatic heterocycles. The van der Waals surface area contributed by atoms with E-state index >= 15 is 0 Å². The molecule has 0 saturated carbocycles. The first-order valence-corrected chi connectivity index (χ1v) is 5.31. The molecule has 0 aromatic carbocycles. The van der Waals surface area contributed by atoms with Crippen LogP contribution < -0.4 is 0 Å². The van der Waals surface area contributed by atoms with Gasteiger partial charge in [-0.25, -0.2) is 0 Å². The van der Waals surface area contributed by atoms with Gasteiger partial charge in [0.2, 0.25) is 0 Å². The van der Waals surface area contributed by atoms with E-state index in [0.717, 1.165) is 17.8 Å². The van der Waals surface area contributed by atoms with Crippen molar-refractivity contribution in [1.82, 2.24) is 4.90 Å². The first kappa shape index (κ1) is 9.01. The average molecular weight is 177 g/mol. The number of allylic oxidation sites excluding steroid dienone is 4. The van der Waals surface area contributed by atoms with Gasteiger partial charge >= 0.3 is 0 Å². The highest BCUT2D eigenvalue weighted by molar-refractivity contribution is 5.15. The fourth-order valence-electron chi connectivity index (χ4n) is 2.61. The smallest absolute Gasteiger partial charge is 0.00129 e. The molecule has 0 bridgehead atoms. The van der Waals surface area contributed by atoms with Crippen LogP contribution in [-0.4, -0.2) is 25.0 Å². The Bertz CT molecular complexity index is 229. The van der Waals surface area contributed by atoms with Crippen molar-refractivity contribution in [2.24, 2.45) is 17.8 Å². The summed E-state index contributed by atoms with van der Waals surface area (Å²) in [6.07, 6.45) is 10.5. The van der Waals surface area contributed by atoms with Gasteiger partial charge in [0.15, 0.2) is 0 Å². The SMILES string of the molecule is CC1C=CC=CC1C1CCN(C)C1. The van der Waals surface area contributed by atoms with E-state index < -0.39 is 0 Å². The minimum absolute atomic E-state index is 0.737. The van der Waals surface area contributed by atoms with Gasteiger partial charge in [0.25, 0.3) is 0 Å². The van der Waals surface area contributed by atoms with Crippen LogP contribution in [0.15, 0.2) is 24.3 Å². The van der Waals surface area contributed by atoms with Gasteiger partial charge in [-0.15, -0.1) is 0 Å². The molecule has 1 heteroatoms. The van der Waals surface area contributed by atoms with Gasteiger partial charge in [-0.1, -0.05) is 31.2 Å². The lowest BCUT2D eigenvalue weighted by atomic mass is 9.79. The van der Waals surface area contributed by atoms with E-state index in [2.05, 4.69) is 43.2 Å². The molecule has 1 saturated heterocycles. The number of rotatable bonds is 1. The van der Waals surface area contributed by atoms with Crippen LogP contribution in [0.4, 0.5) is 0 Å². The number of hydrogen-bond donors (Lipinski definition) is 0. The zero-order chi connectivity index (χ0) is 9.26. The van der Waals surface area contributed by atoms with Crippen molar-refractivity contribution in [3.63, 3.8) is 0 Å². The molecule has 3 unspecified atom stereocenters. The van der Waals surface area contributed by atoms with Crippen molar-refractivity contribution in [3.8, 4) is 0 Å². The quantitative estimate of drug-likeness (QED) is 0.594. The number of likely N-dealkylation sites (tertiary alicyclic amines) is 1. The van der Waals surface area contributed by atoms with Crippen LogP contribution in [0.3, 0.4) is 0 Å². The van der Waals surface area contributed by atoms with Gasteiger partial charge in [0.1, 0.15) is 0 Å². The van der Waals surface area contributed by atoms with Crippen molar-refractivity contribution in [2.75, 3.05) is 20.1 Å². The van der Waals surface area contributed by atoms with Gasteiger partial charge in [0, 0.05) is 6.54 Å². The van der Waals surface area contributed by atoms with E-state index in [-0.39, 0.29) is 0 Å². The van der Waals surface area contributed by atoms with Crippen LogP contribution in [0, 0.1) is 17.8 Å². The Morgan fingerprint density at radius 2 is 2.00 bits per heavy atom. The Labute approximate surface area is 81.1 Å². The predicted molar refractivity (Wildman–Crippen MR) is 56.5 cm³/mol. The van der Waals surface area contributed by atoms with Crippen LogP contribution in [0.5, 0.6) is 0 Å². The molecule has 2 aliphatic rings. The van der Waals surface area contributed by atoms with Gasteiger partial charge in [-0.2, -0.15) is 0 Å². The lowest BCUT2D eigenvalue weighted by Gasteiger charge is -2.26. The summed E-state index contributed by atoms with van der Waals surface area (Å²) in [5.41, 5.74) is 0. The summed E-state index contributed by atoms with van der Waals surface area (Å²) in [5.74, 6) is 2.41. The Hall–Kier alpha value is -0.560. The van der Waals surface area contributed by atoms with Crippen molar-refractivity contribution >= 4 is 0 Å². The first-order valence-electron chi connectivity index (χ1n) is 5.31. The van der Waals surface area contributed by atoms with Crippen LogP contribution >= 0.6 is 0 Å². The maximum absolute atomic E-state index is 2.45. The van der Waals surface area contributed by atoms with Crippen LogP contribution in [0.1, 0.15) is 13.3 Å². The Morgan fingerprint density at radius 1 is 1.23 bits per heavy atom. The Kier molecular flexibility index (Phi) is 2.54. The minimum atomic E-state index is 0.737. The molecule has 0 aromatic rings. The van der Waals surface area contributed by atoms with E-state index in [1.165, 1.54) is 19.5 Å². The molecule has 0 amide bonds. The molecule has 1 nitrogen and oxygen atoms in total. The molecule has 0 aromatic heterocycles. The zero-order valence-electron chi connectivity index (χ0n) is 8.61. The maximum atomic E-state index is 2.45. The molecule has 13 heavy (non-hydrogen) atoms.